The lowest BCUT2D eigenvalue weighted by molar-refractivity contribution is 0.290. The van der Waals surface area contributed by atoms with E-state index in [4.69, 9.17) is 5.11 Å². The first-order valence-corrected chi connectivity index (χ1v) is 4.90. The molecule has 0 heterocycles. The number of phenols is 2. The van der Waals surface area contributed by atoms with Gasteiger partial charge in [0.1, 0.15) is 11.5 Å². The number of aromatic hydroxyl groups is 2. The Labute approximate surface area is 84.6 Å². The molecule has 0 aliphatic carbocycles. The molecule has 2 N–H and O–H groups in total. The number of hydrogen-bond acceptors (Lipinski definition) is 3. The molecule has 78 valence electrons. The molecule has 0 bridgehead atoms. The minimum atomic E-state index is 0.103. The molecule has 0 fully saturated rings. The fourth-order valence-corrected chi connectivity index (χ4v) is 1.37. The van der Waals surface area contributed by atoms with E-state index in [9.17, 15) is 5.11 Å². The monoisotopic (exact) mass is 195 g/mol. The summed E-state index contributed by atoms with van der Waals surface area (Å²) in [5.74, 6) is 0.266. The predicted octanol–water partition coefficient (Wildman–Crippen LogP) is 1.94. The van der Waals surface area contributed by atoms with Crippen LogP contribution >= 0.6 is 0 Å². The van der Waals surface area contributed by atoms with Crippen molar-refractivity contribution in [1.29, 1.82) is 0 Å². The van der Waals surface area contributed by atoms with Crippen molar-refractivity contribution in [3.63, 3.8) is 0 Å². The largest absolute Gasteiger partial charge is 0.508 e. The van der Waals surface area contributed by atoms with Crippen molar-refractivity contribution in [3.8, 4) is 11.5 Å². The van der Waals surface area contributed by atoms with Crippen molar-refractivity contribution >= 4 is 0 Å². The maximum atomic E-state index is 9.54. The van der Waals surface area contributed by atoms with Crippen LogP contribution in [-0.4, -0.2) is 28.2 Å². The topological polar surface area (TPSA) is 43.7 Å². The highest BCUT2D eigenvalue weighted by atomic mass is 16.3. The molecule has 0 amide bonds. The third-order valence-electron chi connectivity index (χ3n) is 2.36. The minimum Gasteiger partial charge on any atom is -0.508 e. The first kappa shape index (κ1) is 10.9. The van der Waals surface area contributed by atoms with E-state index in [1.165, 1.54) is 6.07 Å². The average Bonchev–Trinajstić information content (AvgIpc) is 2.17. The third-order valence-corrected chi connectivity index (χ3v) is 2.36. The van der Waals surface area contributed by atoms with Gasteiger partial charge in [-0.15, -0.1) is 0 Å². The third kappa shape index (κ3) is 2.64. The van der Waals surface area contributed by atoms with E-state index >= 15 is 0 Å². The zero-order chi connectivity index (χ0) is 10.6. The first-order valence-electron chi connectivity index (χ1n) is 4.90. The molecule has 1 aromatic carbocycles. The van der Waals surface area contributed by atoms with Crippen molar-refractivity contribution in [1.82, 2.24) is 4.90 Å². The summed E-state index contributed by atoms with van der Waals surface area (Å²) in [6.07, 6.45) is 0. The summed E-state index contributed by atoms with van der Waals surface area (Å²) in [5.41, 5.74) is 0.853. The quantitative estimate of drug-likeness (QED) is 0.771. The van der Waals surface area contributed by atoms with E-state index in [2.05, 4.69) is 18.7 Å². The van der Waals surface area contributed by atoms with Gasteiger partial charge in [-0.2, -0.15) is 0 Å². The molecule has 1 aromatic rings. The Morgan fingerprint density at radius 2 is 1.79 bits per heavy atom. The van der Waals surface area contributed by atoms with Crippen molar-refractivity contribution < 1.29 is 10.2 Å². The van der Waals surface area contributed by atoms with Gasteiger partial charge in [0.05, 0.1) is 0 Å². The Kier molecular flexibility index (Phi) is 3.77. The summed E-state index contributed by atoms with van der Waals surface area (Å²) in [6, 6.07) is 4.72. The fraction of sp³-hybridized carbons (Fsp3) is 0.455. The molecule has 0 saturated heterocycles. The van der Waals surface area contributed by atoms with E-state index in [0.717, 1.165) is 25.2 Å². The summed E-state index contributed by atoms with van der Waals surface area (Å²) in [4.78, 5) is 2.20. The predicted molar refractivity (Wildman–Crippen MR) is 56.4 cm³/mol. The van der Waals surface area contributed by atoms with Gasteiger partial charge in [0.15, 0.2) is 0 Å². The highest BCUT2D eigenvalue weighted by molar-refractivity contribution is 5.38. The summed E-state index contributed by atoms with van der Waals surface area (Å²) < 4.78 is 0. The minimum absolute atomic E-state index is 0.103. The van der Waals surface area contributed by atoms with E-state index in [1.54, 1.807) is 12.1 Å². The summed E-state index contributed by atoms with van der Waals surface area (Å²) in [7, 11) is 0. The second kappa shape index (κ2) is 4.86. The van der Waals surface area contributed by atoms with Crippen molar-refractivity contribution in [2.45, 2.75) is 20.4 Å². The first-order chi connectivity index (χ1) is 6.67. The molecular weight excluding hydrogens is 178 g/mol. The molecule has 0 radical (unpaired) electrons. The van der Waals surface area contributed by atoms with E-state index < -0.39 is 0 Å². The van der Waals surface area contributed by atoms with Crippen LogP contribution in [0.2, 0.25) is 0 Å². The lowest BCUT2D eigenvalue weighted by atomic mass is 10.2. The highest BCUT2D eigenvalue weighted by Crippen LogP contribution is 2.23. The van der Waals surface area contributed by atoms with Crippen LogP contribution in [0.1, 0.15) is 19.4 Å². The SMILES string of the molecule is CCN(CC)Cc1ccc(O)cc1O. The van der Waals surface area contributed by atoms with Crippen LogP contribution in [0, 0.1) is 0 Å². The zero-order valence-corrected chi connectivity index (χ0v) is 8.70. The summed E-state index contributed by atoms with van der Waals surface area (Å²) >= 11 is 0. The summed E-state index contributed by atoms with van der Waals surface area (Å²) in [6.45, 7) is 6.80. The van der Waals surface area contributed by atoms with Gasteiger partial charge >= 0.3 is 0 Å². The zero-order valence-electron chi connectivity index (χ0n) is 8.70. The lowest BCUT2D eigenvalue weighted by Crippen LogP contribution is -2.22. The van der Waals surface area contributed by atoms with Gasteiger partial charge in [-0.1, -0.05) is 19.9 Å². The molecule has 3 heteroatoms. The van der Waals surface area contributed by atoms with Crippen molar-refractivity contribution in [2.24, 2.45) is 0 Å². The van der Waals surface area contributed by atoms with Gasteiger partial charge in [-0.25, -0.2) is 0 Å². The average molecular weight is 195 g/mol. The summed E-state index contributed by atoms with van der Waals surface area (Å²) in [5, 5.41) is 18.7. The maximum absolute atomic E-state index is 9.54. The van der Waals surface area contributed by atoms with E-state index in [1.807, 2.05) is 0 Å². The van der Waals surface area contributed by atoms with Crippen LogP contribution < -0.4 is 0 Å². The number of nitrogens with zero attached hydrogens (tertiary/aromatic N) is 1. The molecule has 3 nitrogen and oxygen atoms in total. The van der Waals surface area contributed by atoms with E-state index in [0.29, 0.717) is 0 Å². The van der Waals surface area contributed by atoms with Crippen LogP contribution in [-0.2, 0) is 6.54 Å². The normalized spacial score (nSPS) is 10.8. The Balaban J connectivity index is 2.76. The van der Waals surface area contributed by atoms with Gasteiger partial charge in [0.2, 0.25) is 0 Å². The van der Waals surface area contributed by atoms with Crippen LogP contribution in [0.3, 0.4) is 0 Å². The number of phenolic OH excluding ortho intramolecular Hbond substituents is 2. The van der Waals surface area contributed by atoms with Gasteiger partial charge in [-0.05, 0) is 19.2 Å². The Hall–Kier alpha value is -1.22. The second-order valence-electron chi connectivity index (χ2n) is 3.27. The Morgan fingerprint density at radius 3 is 2.29 bits per heavy atom. The molecular formula is C11H17NO2. The van der Waals surface area contributed by atoms with Crippen LogP contribution in [0.5, 0.6) is 11.5 Å². The Bertz CT molecular complexity index is 295. The van der Waals surface area contributed by atoms with Gasteiger partial charge in [-0.3, -0.25) is 4.90 Å². The molecule has 0 aromatic heterocycles. The molecule has 0 spiro atoms. The fourth-order valence-electron chi connectivity index (χ4n) is 1.37. The number of benzene rings is 1. The van der Waals surface area contributed by atoms with Crippen LogP contribution in [0.25, 0.3) is 0 Å². The van der Waals surface area contributed by atoms with Crippen LogP contribution in [0.4, 0.5) is 0 Å². The maximum Gasteiger partial charge on any atom is 0.123 e. The molecule has 14 heavy (non-hydrogen) atoms. The molecule has 0 saturated carbocycles. The van der Waals surface area contributed by atoms with Gasteiger partial charge in [0.25, 0.3) is 0 Å². The highest BCUT2D eigenvalue weighted by Gasteiger charge is 2.05. The number of rotatable bonds is 4. The second-order valence-corrected chi connectivity index (χ2v) is 3.27. The molecule has 0 aliphatic rings. The lowest BCUT2D eigenvalue weighted by Gasteiger charge is -2.18. The number of hydrogen-bond donors (Lipinski definition) is 2. The standard InChI is InChI=1S/C11H17NO2/c1-3-12(4-2)8-9-5-6-10(13)7-11(9)14/h5-7,13-14H,3-4,8H2,1-2H3. The van der Waals surface area contributed by atoms with Crippen molar-refractivity contribution in [3.05, 3.63) is 23.8 Å². The van der Waals surface area contributed by atoms with Gasteiger partial charge < -0.3 is 10.2 Å². The molecule has 0 atom stereocenters. The van der Waals surface area contributed by atoms with Crippen molar-refractivity contribution in [2.75, 3.05) is 13.1 Å². The molecule has 0 unspecified atom stereocenters. The smallest absolute Gasteiger partial charge is 0.123 e. The molecule has 0 aliphatic heterocycles. The van der Waals surface area contributed by atoms with Gasteiger partial charge in [0, 0.05) is 18.2 Å². The van der Waals surface area contributed by atoms with Crippen LogP contribution in [0.15, 0.2) is 18.2 Å². The Morgan fingerprint density at radius 1 is 1.14 bits per heavy atom. The van der Waals surface area contributed by atoms with E-state index in [-0.39, 0.29) is 11.5 Å². The molecule has 1 rings (SSSR count).